The van der Waals surface area contributed by atoms with Gasteiger partial charge in [-0.25, -0.2) is 9.78 Å². The van der Waals surface area contributed by atoms with E-state index in [9.17, 15) is 9.90 Å². The highest BCUT2D eigenvalue weighted by Gasteiger charge is 2.52. The van der Waals surface area contributed by atoms with Gasteiger partial charge < -0.3 is 14.9 Å². The number of carbonyl (C=O) groups is 1. The molecule has 0 aromatic carbocycles. The summed E-state index contributed by atoms with van der Waals surface area (Å²) in [6.45, 7) is 2.52. The molecule has 2 aliphatic rings. The van der Waals surface area contributed by atoms with Crippen molar-refractivity contribution in [2.75, 3.05) is 31.6 Å². The van der Waals surface area contributed by atoms with Crippen LogP contribution in [0.5, 0.6) is 0 Å². The zero-order valence-electron chi connectivity index (χ0n) is 11.1. The van der Waals surface area contributed by atoms with E-state index in [1.165, 1.54) is 6.07 Å². The molecular weight excluding hydrogens is 301 g/mol. The van der Waals surface area contributed by atoms with Gasteiger partial charge >= 0.3 is 5.97 Å². The van der Waals surface area contributed by atoms with Gasteiger partial charge in [0.05, 0.1) is 10.6 Å². The van der Waals surface area contributed by atoms with Crippen LogP contribution in [0.25, 0.3) is 0 Å². The van der Waals surface area contributed by atoms with Crippen LogP contribution in [-0.4, -0.2) is 53.2 Å². The number of likely N-dealkylation sites (N-methyl/N-ethyl adjacent to an activating group) is 1. The molecule has 1 saturated carbocycles. The van der Waals surface area contributed by atoms with Crippen LogP contribution in [0, 0.1) is 0 Å². The van der Waals surface area contributed by atoms with E-state index in [-0.39, 0.29) is 21.3 Å². The molecule has 20 heavy (non-hydrogen) atoms. The van der Waals surface area contributed by atoms with E-state index in [0.29, 0.717) is 5.82 Å². The molecule has 1 aliphatic heterocycles. The third-order valence-corrected chi connectivity index (χ3v) is 4.55. The molecular formula is C13H15Cl2N3O2. The molecule has 7 heteroatoms. The number of hydrogen-bond acceptors (Lipinski definition) is 4. The second kappa shape index (κ2) is 4.76. The number of aromatic nitrogens is 1. The number of nitrogens with zero attached hydrogens (tertiary/aromatic N) is 3. The predicted octanol–water partition coefficient (Wildman–Crippen LogP) is 2.37. The van der Waals surface area contributed by atoms with E-state index >= 15 is 0 Å². The Labute approximate surface area is 127 Å². The number of aromatic carboxylic acids is 1. The van der Waals surface area contributed by atoms with Gasteiger partial charge in [0.1, 0.15) is 16.5 Å². The van der Waals surface area contributed by atoms with Crippen molar-refractivity contribution in [3.8, 4) is 0 Å². The molecule has 1 aromatic heterocycles. The average molecular weight is 316 g/mol. The van der Waals surface area contributed by atoms with Crippen molar-refractivity contribution in [3.63, 3.8) is 0 Å². The quantitative estimate of drug-likeness (QED) is 0.849. The van der Waals surface area contributed by atoms with Gasteiger partial charge in [-0.15, -0.1) is 0 Å². The first-order valence-electron chi connectivity index (χ1n) is 6.48. The summed E-state index contributed by atoms with van der Waals surface area (Å²) in [4.78, 5) is 20.1. The van der Waals surface area contributed by atoms with Crippen molar-refractivity contribution in [1.29, 1.82) is 0 Å². The fraction of sp³-hybridized carbons (Fsp3) is 0.538. The molecule has 0 atom stereocenters. The van der Waals surface area contributed by atoms with Gasteiger partial charge in [0, 0.05) is 19.6 Å². The molecule has 1 aromatic rings. The van der Waals surface area contributed by atoms with Gasteiger partial charge in [-0.3, -0.25) is 0 Å². The fourth-order valence-electron chi connectivity index (χ4n) is 2.94. The minimum absolute atomic E-state index is 0.00177. The van der Waals surface area contributed by atoms with Crippen LogP contribution in [0.15, 0.2) is 6.07 Å². The molecule has 108 valence electrons. The lowest BCUT2D eigenvalue weighted by atomic mass is 10.1. The van der Waals surface area contributed by atoms with Crippen LogP contribution in [0.3, 0.4) is 0 Å². The average Bonchev–Trinajstić information content (AvgIpc) is 3.07. The van der Waals surface area contributed by atoms with Gasteiger partial charge in [-0.05, 0) is 26.0 Å². The van der Waals surface area contributed by atoms with Crippen molar-refractivity contribution in [3.05, 3.63) is 21.8 Å². The van der Waals surface area contributed by atoms with Crippen molar-refractivity contribution in [1.82, 2.24) is 9.88 Å². The molecule has 2 fully saturated rings. The second-order valence-electron chi connectivity index (χ2n) is 5.54. The molecule has 0 unspecified atom stereocenters. The molecule has 0 radical (unpaired) electrons. The monoisotopic (exact) mass is 315 g/mol. The summed E-state index contributed by atoms with van der Waals surface area (Å²) in [5.41, 5.74) is 0.0463. The van der Waals surface area contributed by atoms with Gasteiger partial charge in [0.2, 0.25) is 0 Å². The molecule has 1 N–H and O–H groups in total. The highest BCUT2D eigenvalue weighted by Crippen LogP contribution is 2.47. The van der Waals surface area contributed by atoms with E-state index in [4.69, 9.17) is 23.2 Å². The predicted molar refractivity (Wildman–Crippen MR) is 78.0 cm³/mol. The maximum absolute atomic E-state index is 11.5. The van der Waals surface area contributed by atoms with Crippen LogP contribution in [0.1, 0.15) is 23.2 Å². The standard InChI is InChI=1S/C13H15Cl2N3O2/c1-17-4-5-18(13(7-17)2-3-13)11-10(12(19)20)8(14)6-9(15)16-11/h6H,2-5,7H2,1H3,(H,19,20). The summed E-state index contributed by atoms with van der Waals surface area (Å²) in [6, 6.07) is 1.38. The van der Waals surface area contributed by atoms with Crippen molar-refractivity contribution < 1.29 is 9.90 Å². The van der Waals surface area contributed by atoms with E-state index in [1.54, 1.807) is 0 Å². The van der Waals surface area contributed by atoms with Crippen LogP contribution in [0.4, 0.5) is 5.82 Å². The molecule has 0 bridgehead atoms. The first-order valence-corrected chi connectivity index (χ1v) is 7.24. The number of carboxylic acid groups (broad SMARTS) is 1. The summed E-state index contributed by atoms with van der Waals surface area (Å²) in [5.74, 6) is -0.663. The Bertz CT molecular complexity index is 575. The zero-order valence-corrected chi connectivity index (χ0v) is 12.6. The van der Waals surface area contributed by atoms with Gasteiger partial charge in [-0.1, -0.05) is 23.2 Å². The highest BCUT2D eigenvalue weighted by molar-refractivity contribution is 6.36. The SMILES string of the molecule is CN1CCN(c2nc(Cl)cc(Cl)c2C(=O)O)C2(CC2)C1. The number of halogens is 2. The van der Waals surface area contributed by atoms with E-state index in [0.717, 1.165) is 32.5 Å². The molecule has 1 aliphatic carbocycles. The Morgan fingerprint density at radius 1 is 1.40 bits per heavy atom. The summed E-state index contributed by atoms with van der Waals surface area (Å²) in [6.07, 6.45) is 2.09. The lowest BCUT2D eigenvalue weighted by molar-refractivity contribution is 0.0697. The molecule has 0 amide bonds. The number of pyridine rings is 1. The molecule has 1 spiro atoms. The summed E-state index contributed by atoms with van der Waals surface area (Å²) in [5, 5.41) is 9.77. The second-order valence-corrected chi connectivity index (χ2v) is 6.34. The summed E-state index contributed by atoms with van der Waals surface area (Å²) in [7, 11) is 2.08. The van der Waals surface area contributed by atoms with Crippen LogP contribution in [-0.2, 0) is 0 Å². The Hall–Kier alpha value is -1.04. The molecule has 1 saturated heterocycles. The topological polar surface area (TPSA) is 56.7 Å². The number of hydrogen-bond donors (Lipinski definition) is 1. The third kappa shape index (κ3) is 2.24. The van der Waals surface area contributed by atoms with Crippen LogP contribution < -0.4 is 4.90 Å². The van der Waals surface area contributed by atoms with Gasteiger partial charge in [0.25, 0.3) is 0 Å². The lowest BCUT2D eigenvalue weighted by Gasteiger charge is -2.42. The highest BCUT2D eigenvalue weighted by atomic mass is 35.5. The number of piperazine rings is 1. The molecule has 5 nitrogen and oxygen atoms in total. The first-order chi connectivity index (χ1) is 9.43. The van der Waals surface area contributed by atoms with Crippen molar-refractivity contribution in [2.24, 2.45) is 0 Å². The van der Waals surface area contributed by atoms with Crippen LogP contribution in [0.2, 0.25) is 10.2 Å². The van der Waals surface area contributed by atoms with Crippen LogP contribution >= 0.6 is 23.2 Å². The van der Waals surface area contributed by atoms with Gasteiger partial charge in [0.15, 0.2) is 0 Å². The summed E-state index contributed by atoms with van der Waals surface area (Å²) >= 11 is 12.0. The Morgan fingerprint density at radius 2 is 2.10 bits per heavy atom. The van der Waals surface area contributed by atoms with E-state index in [2.05, 4.69) is 21.8 Å². The largest absolute Gasteiger partial charge is 0.478 e. The van der Waals surface area contributed by atoms with E-state index in [1.807, 2.05) is 0 Å². The van der Waals surface area contributed by atoms with Gasteiger partial charge in [-0.2, -0.15) is 0 Å². The minimum atomic E-state index is -1.07. The first kappa shape index (κ1) is 13.9. The van der Waals surface area contributed by atoms with Crippen molar-refractivity contribution >= 4 is 35.0 Å². The third-order valence-electron chi connectivity index (χ3n) is 4.06. The smallest absolute Gasteiger partial charge is 0.341 e. The summed E-state index contributed by atoms with van der Waals surface area (Å²) < 4.78 is 0. The number of anilines is 1. The Kier molecular flexibility index (Phi) is 3.31. The fourth-order valence-corrected chi connectivity index (χ4v) is 3.46. The molecule has 3 rings (SSSR count). The Morgan fingerprint density at radius 3 is 2.70 bits per heavy atom. The van der Waals surface area contributed by atoms with Crippen molar-refractivity contribution in [2.45, 2.75) is 18.4 Å². The zero-order chi connectivity index (χ0) is 14.5. The normalized spacial score (nSPS) is 21.2. The number of carboxylic acids is 1. The maximum atomic E-state index is 11.5. The lowest BCUT2D eigenvalue weighted by Crippen LogP contribution is -2.54. The minimum Gasteiger partial charge on any atom is -0.478 e. The Balaban J connectivity index is 2.07. The molecule has 2 heterocycles. The maximum Gasteiger partial charge on any atom is 0.341 e. The van der Waals surface area contributed by atoms with E-state index < -0.39 is 5.97 Å². The number of rotatable bonds is 2.